The summed E-state index contributed by atoms with van der Waals surface area (Å²) in [6, 6.07) is 6.90. The largest absolute Gasteiger partial charge is 0.486 e. The number of nitrogens with zero attached hydrogens (tertiary/aromatic N) is 7. The highest BCUT2D eigenvalue weighted by Crippen LogP contribution is 2.28. The number of aromatic nitrogens is 5. The molecule has 0 aliphatic carbocycles. The summed E-state index contributed by atoms with van der Waals surface area (Å²) < 4.78 is 22.1. The number of aliphatic hydroxyl groups excluding tert-OH is 1. The molecule has 1 saturated heterocycles. The van der Waals surface area contributed by atoms with E-state index in [9.17, 15) is 14.4 Å². The highest BCUT2D eigenvalue weighted by Gasteiger charge is 2.33. The topological polar surface area (TPSA) is 142 Å². The highest BCUT2D eigenvalue weighted by molar-refractivity contribution is 5.77. The third kappa shape index (κ3) is 5.10. The van der Waals surface area contributed by atoms with Crippen LogP contribution in [0.5, 0.6) is 5.75 Å². The molecule has 1 aliphatic heterocycles. The Kier molecular flexibility index (Phi) is 6.93. The van der Waals surface area contributed by atoms with Gasteiger partial charge in [0.25, 0.3) is 0 Å². The number of benzene rings is 1. The molecule has 0 spiro atoms. The van der Waals surface area contributed by atoms with Crippen molar-refractivity contribution < 1.29 is 19.0 Å². The van der Waals surface area contributed by atoms with Crippen LogP contribution in [0.3, 0.4) is 0 Å². The number of aryl methyl sites for hydroxylation is 1. The average molecular weight is 466 g/mol. The Balaban J connectivity index is 1.48. The Morgan fingerprint density at radius 3 is 2.97 bits per heavy atom. The monoisotopic (exact) mass is 466 g/mol. The molecule has 1 aromatic carbocycles. The quantitative estimate of drug-likeness (QED) is 0.532. The molecule has 11 nitrogen and oxygen atoms in total. The third-order valence-corrected chi connectivity index (χ3v) is 5.39. The van der Waals surface area contributed by atoms with Gasteiger partial charge in [0.1, 0.15) is 30.9 Å². The zero-order valence-corrected chi connectivity index (χ0v) is 18.4. The van der Waals surface area contributed by atoms with Crippen molar-refractivity contribution in [3.8, 4) is 23.2 Å². The number of piperidine rings is 1. The van der Waals surface area contributed by atoms with Gasteiger partial charge in [0.15, 0.2) is 12.0 Å². The lowest BCUT2D eigenvalue weighted by Crippen LogP contribution is -2.50. The molecule has 0 bridgehead atoms. The minimum Gasteiger partial charge on any atom is -0.486 e. The van der Waals surface area contributed by atoms with E-state index in [0.717, 1.165) is 12.2 Å². The Labute approximate surface area is 194 Å². The number of anilines is 2. The number of alkyl halides is 1. The Hall–Kier alpha value is -4.11. The second-order valence-corrected chi connectivity index (χ2v) is 7.62. The minimum absolute atomic E-state index is 0.165. The molecule has 2 N–H and O–H groups in total. The van der Waals surface area contributed by atoms with Gasteiger partial charge in [-0.3, -0.25) is 9.48 Å². The zero-order chi connectivity index (χ0) is 24.1. The van der Waals surface area contributed by atoms with E-state index in [-0.39, 0.29) is 30.8 Å². The maximum absolute atomic E-state index is 14.6. The molecule has 12 heteroatoms. The van der Waals surface area contributed by atoms with E-state index in [4.69, 9.17) is 9.84 Å². The van der Waals surface area contributed by atoms with Crippen LogP contribution < -0.4 is 10.1 Å². The average Bonchev–Trinajstić information content (AvgIpc) is 3.32. The number of likely N-dealkylation sites (tertiary alicyclic amines) is 1. The van der Waals surface area contributed by atoms with Gasteiger partial charge < -0.3 is 20.1 Å². The normalized spacial score (nSPS) is 17.8. The van der Waals surface area contributed by atoms with Crippen LogP contribution in [0.25, 0.3) is 11.4 Å². The highest BCUT2D eigenvalue weighted by atomic mass is 19.1. The van der Waals surface area contributed by atoms with Crippen LogP contribution in [0.15, 0.2) is 36.9 Å². The summed E-state index contributed by atoms with van der Waals surface area (Å²) in [5.41, 5.74) is 1.50. The number of nitrogens with one attached hydrogen (secondary N) is 1. The van der Waals surface area contributed by atoms with Crippen molar-refractivity contribution >= 4 is 17.5 Å². The maximum Gasteiger partial charge on any atom is 0.248 e. The number of ether oxygens (including phenoxy) is 1. The number of aliphatic hydroxyl groups is 1. The van der Waals surface area contributed by atoms with Crippen LogP contribution in [0.2, 0.25) is 0 Å². The van der Waals surface area contributed by atoms with Gasteiger partial charge in [-0.2, -0.15) is 15.3 Å². The Morgan fingerprint density at radius 2 is 2.26 bits per heavy atom. The van der Waals surface area contributed by atoms with Crippen molar-refractivity contribution in [2.75, 3.05) is 25.0 Å². The number of hydrogen-bond acceptors (Lipinski definition) is 9. The molecular formula is C22H23FN8O3. The van der Waals surface area contributed by atoms with Gasteiger partial charge in [-0.15, -0.1) is 0 Å². The summed E-state index contributed by atoms with van der Waals surface area (Å²) in [5.74, 6) is 0.389. The number of rotatable bonds is 7. The number of halogens is 1. The lowest BCUT2D eigenvalue weighted by molar-refractivity contribution is -0.138. The van der Waals surface area contributed by atoms with Gasteiger partial charge in [-0.05, 0) is 25.1 Å². The molecule has 2 atom stereocenters. The number of amides is 1. The van der Waals surface area contributed by atoms with Crippen LogP contribution in [0.1, 0.15) is 18.9 Å². The van der Waals surface area contributed by atoms with Crippen molar-refractivity contribution in [3.05, 3.63) is 42.5 Å². The zero-order valence-electron chi connectivity index (χ0n) is 18.4. The first kappa shape index (κ1) is 23.1. The predicted octanol–water partition coefficient (Wildman–Crippen LogP) is 1.68. The van der Waals surface area contributed by atoms with Gasteiger partial charge >= 0.3 is 0 Å². The molecule has 0 saturated carbocycles. The summed E-state index contributed by atoms with van der Waals surface area (Å²) in [7, 11) is 0. The number of nitriles is 1. The summed E-state index contributed by atoms with van der Waals surface area (Å²) in [5, 5.41) is 25.8. The van der Waals surface area contributed by atoms with Crippen LogP contribution in [0, 0.1) is 11.3 Å². The SMILES string of the molecule is CCn1cc(Nc2ncnc(-c3ccc(O[C@H]4CCN(C(=O)CO)C[C@@H]4F)c(C#N)c3)n2)cn1. The van der Waals surface area contributed by atoms with Crippen molar-refractivity contribution in [2.45, 2.75) is 32.2 Å². The Bertz CT molecular complexity index is 1210. The first-order chi connectivity index (χ1) is 16.5. The molecule has 0 unspecified atom stereocenters. The molecule has 1 amide bonds. The van der Waals surface area contributed by atoms with Crippen LogP contribution in [0.4, 0.5) is 16.0 Å². The van der Waals surface area contributed by atoms with Crippen molar-refractivity contribution in [1.82, 2.24) is 29.6 Å². The summed E-state index contributed by atoms with van der Waals surface area (Å²) in [6.07, 6.45) is 2.85. The first-order valence-electron chi connectivity index (χ1n) is 10.7. The van der Waals surface area contributed by atoms with Crippen LogP contribution in [-0.4, -0.2) is 72.6 Å². The molecule has 2 aromatic heterocycles. The molecule has 3 heterocycles. The van der Waals surface area contributed by atoms with Gasteiger partial charge in [0.05, 0.1) is 24.0 Å². The van der Waals surface area contributed by atoms with Crippen LogP contribution >= 0.6 is 0 Å². The van der Waals surface area contributed by atoms with Gasteiger partial charge in [0.2, 0.25) is 11.9 Å². The fourth-order valence-electron chi connectivity index (χ4n) is 3.59. The molecule has 4 rings (SSSR count). The number of carbonyl (C=O) groups excluding carboxylic acids is 1. The minimum atomic E-state index is -1.44. The van der Waals surface area contributed by atoms with Crippen molar-refractivity contribution in [2.24, 2.45) is 0 Å². The second-order valence-electron chi connectivity index (χ2n) is 7.62. The van der Waals surface area contributed by atoms with E-state index in [1.54, 1.807) is 29.1 Å². The standard InChI is InChI=1S/C22H23FN8O3/c1-2-31-10-16(9-27-31)28-22-26-13-25-21(29-22)14-3-4-18(15(7-14)8-24)34-19-5-6-30(11-17(19)23)20(33)12-32/h3-4,7,9-10,13,17,19,32H,2,5-6,11-12H2,1H3,(H,25,26,28,29)/t17-,19-/m0/s1. The molecule has 34 heavy (non-hydrogen) atoms. The molecular weight excluding hydrogens is 443 g/mol. The van der Waals surface area contributed by atoms with E-state index in [2.05, 4.69) is 31.4 Å². The lowest BCUT2D eigenvalue weighted by Gasteiger charge is -2.34. The number of carbonyl (C=O) groups is 1. The van der Waals surface area contributed by atoms with Gasteiger partial charge in [-0.1, -0.05) is 0 Å². The van der Waals surface area contributed by atoms with Gasteiger partial charge in [0, 0.05) is 31.3 Å². The number of hydrogen-bond donors (Lipinski definition) is 2. The lowest BCUT2D eigenvalue weighted by atomic mass is 10.0. The third-order valence-electron chi connectivity index (χ3n) is 5.39. The predicted molar refractivity (Wildman–Crippen MR) is 119 cm³/mol. The van der Waals surface area contributed by atoms with Crippen LogP contribution in [-0.2, 0) is 11.3 Å². The second kappa shape index (κ2) is 10.2. The molecule has 0 radical (unpaired) electrons. The van der Waals surface area contributed by atoms with Gasteiger partial charge in [-0.25, -0.2) is 14.4 Å². The fourth-order valence-corrected chi connectivity index (χ4v) is 3.59. The molecule has 176 valence electrons. The van der Waals surface area contributed by atoms with E-state index >= 15 is 0 Å². The summed E-state index contributed by atoms with van der Waals surface area (Å²) in [4.78, 5) is 25.6. The first-order valence-corrected chi connectivity index (χ1v) is 10.7. The van der Waals surface area contributed by atoms with E-state index in [0.29, 0.717) is 17.3 Å². The van der Waals surface area contributed by atoms with E-state index in [1.807, 2.05) is 13.1 Å². The van der Waals surface area contributed by atoms with Crippen molar-refractivity contribution in [3.63, 3.8) is 0 Å². The van der Waals surface area contributed by atoms with E-state index in [1.165, 1.54) is 11.2 Å². The van der Waals surface area contributed by atoms with E-state index < -0.39 is 24.8 Å². The molecule has 3 aromatic rings. The maximum atomic E-state index is 14.6. The molecule has 1 fully saturated rings. The summed E-state index contributed by atoms with van der Waals surface area (Å²) >= 11 is 0. The van der Waals surface area contributed by atoms with Crippen molar-refractivity contribution in [1.29, 1.82) is 5.26 Å². The molecule has 1 aliphatic rings. The fraction of sp³-hybridized carbons (Fsp3) is 0.364. The summed E-state index contributed by atoms with van der Waals surface area (Å²) in [6.45, 7) is 2.16. The smallest absolute Gasteiger partial charge is 0.248 e. The Morgan fingerprint density at radius 1 is 1.41 bits per heavy atom.